The third-order valence-corrected chi connectivity index (χ3v) is 1.57. The maximum absolute atomic E-state index is 10.3. The number of aliphatic carboxylic acids is 2. The molecule has 0 radical (unpaired) electrons. The van der Waals surface area contributed by atoms with Crippen LogP contribution in [0.15, 0.2) is 0 Å². The van der Waals surface area contributed by atoms with Gasteiger partial charge in [-0.2, -0.15) is 0 Å². The highest BCUT2D eigenvalue weighted by Crippen LogP contribution is 1.93. The van der Waals surface area contributed by atoms with Crippen molar-refractivity contribution in [3.8, 4) is 0 Å². The molecule has 0 aliphatic rings. The number of hydrogen-bond donors (Lipinski definition) is 4. The monoisotopic (exact) mass is 191 g/mol. The Kier molecular flexibility index (Phi) is 5.01. The Hall–Kier alpha value is -1.14. The Morgan fingerprint density at radius 3 is 2.15 bits per heavy atom. The number of aliphatic hydroxyl groups excluding tert-OH is 1. The Balaban J connectivity index is 3.85. The summed E-state index contributed by atoms with van der Waals surface area (Å²) in [6.45, 7) is 0.917. The largest absolute Gasteiger partial charge is 0.481 e. The minimum atomic E-state index is -1.19. The number of rotatable bonds is 6. The molecule has 0 bridgehead atoms. The molecule has 0 saturated heterocycles. The molecule has 0 fully saturated rings. The zero-order valence-electron chi connectivity index (χ0n) is 7.23. The maximum Gasteiger partial charge on any atom is 0.323 e. The lowest BCUT2D eigenvalue weighted by molar-refractivity contribution is -0.143. The Morgan fingerprint density at radius 2 is 1.85 bits per heavy atom. The van der Waals surface area contributed by atoms with Gasteiger partial charge in [0.1, 0.15) is 6.04 Å². The fourth-order valence-corrected chi connectivity index (χ4v) is 0.636. The van der Waals surface area contributed by atoms with E-state index in [1.165, 1.54) is 6.92 Å². The first kappa shape index (κ1) is 11.9. The summed E-state index contributed by atoms with van der Waals surface area (Å²) in [4.78, 5) is 20.7. The van der Waals surface area contributed by atoms with Crippen LogP contribution in [-0.4, -0.2) is 46.5 Å². The Bertz CT molecular complexity index is 193. The lowest BCUT2D eigenvalue weighted by Gasteiger charge is -2.13. The molecule has 0 saturated carbocycles. The van der Waals surface area contributed by atoms with E-state index in [2.05, 4.69) is 5.32 Å². The molecule has 0 amide bonds. The molecule has 6 heteroatoms. The number of carbonyl (C=O) groups is 2. The summed E-state index contributed by atoms with van der Waals surface area (Å²) in [6, 6.07) is -1.10. The zero-order chi connectivity index (χ0) is 10.4. The first-order valence-electron chi connectivity index (χ1n) is 3.79. The molecule has 4 N–H and O–H groups in total. The molecular weight excluding hydrogens is 178 g/mol. The molecule has 1 unspecified atom stereocenters. The van der Waals surface area contributed by atoms with Crippen LogP contribution in [0.1, 0.15) is 6.92 Å². The van der Waals surface area contributed by atoms with Crippen LogP contribution < -0.4 is 5.32 Å². The van der Waals surface area contributed by atoms with E-state index in [0.717, 1.165) is 0 Å². The van der Waals surface area contributed by atoms with E-state index in [-0.39, 0.29) is 6.54 Å². The predicted octanol–water partition coefficient (Wildman–Crippen LogP) is -1.26. The average Bonchev–Trinajstić information content (AvgIpc) is 2.04. The molecule has 0 aliphatic heterocycles. The van der Waals surface area contributed by atoms with Crippen LogP contribution in [0, 0.1) is 5.92 Å². The summed E-state index contributed by atoms with van der Waals surface area (Å²) in [5.41, 5.74) is 0. The van der Waals surface area contributed by atoms with Crippen LogP contribution in [0.3, 0.4) is 0 Å². The van der Waals surface area contributed by atoms with E-state index in [9.17, 15) is 9.59 Å². The van der Waals surface area contributed by atoms with Crippen LogP contribution >= 0.6 is 0 Å². The van der Waals surface area contributed by atoms with Gasteiger partial charge in [-0.25, -0.2) is 0 Å². The van der Waals surface area contributed by atoms with Crippen LogP contribution in [0.2, 0.25) is 0 Å². The number of carboxylic acids is 2. The highest BCUT2D eigenvalue weighted by molar-refractivity contribution is 5.74. The topological polar surface area (TPSA) is 107 Å². The summed E-state index contributed by atoms with van der Waals surface area (Å²) < 4.78 is 0. The van der Waals surface area contributed by atoms with Gasteiger partial charge in [-0.05, 0) is 0 Å². The molecule has 0 rings (SSSR count). The Labute approximate surface area is 75.2 Å². The number of nitrogens with one attached hydrogen (secondary N) is 1. The van der Waals surface area contributed by atoms with Crippen molar-refractivity contribution >= 4 is 11.9 Å². The van der Waals surface area contributed by atoms with Crippen LogP contribution in [0.25, 0.3) is 0 Å². The standard InChI is InChI=1S/C7H13NO5/c1-4(6(10)11)2-8-5(3-9)7(12)13/h4-5,8-9H,2-3H2,1H3,(H,10,11)(H,12,13)/t4?,5-/m0/s1. The van der Waals surface area contributed by atoms with Gasteiger partial charge in [0, 0.05) is 6.54 Å². The van der Waals surface area contributed by atoms with Gasteiger partial charge in [0.05, 0.1) is 12.5 Å². The van der Waals surface area contributed by atoms with E-state index in [1.54, 1.807) is 0 Å². The van der Waals surface area contributed by atoms with Crippen molar-refractivity contribution in [3.63, 3.8) is 0 Å². The van der Waals surface area contributed by atoms with Gasteiger partial charge in [0.25, 0.3) is 0 Å². The fourth-order valence-electron chi connectivity index (χ4n) is 0.636. The van der Waals surface area contributed by atoms with Crippen LogP contribution in [0.4, 0.5) is 0 Å². The molecule has 6 nitrogen and oxygen atoms in total. The summed E-state index contributed by atoms with van der Waals surface area (Å²) >= 11 is 0. The van der Waals surface area contributed by atoms with Gasteiger partial charge >= 0.3 is 11.9 Å². The van der Waals surface area contributed by atoms with Gasteiger partial charge < -0.3 is 20.6 Å². The second kappa shape index (κ2) is 5.50. The van der Waals surface area contributed by atoms with E-state index in [0.29, 0.717) is 0 Å². The van der Waals surface area contributed by atoms with Crippen molar-refractivity contribution in [2.24, 2.45) is 5.92 Å². The predicted molar refractivity (Wildman–Crippen MR) is 43.3 cm³/mol. The first-order chi connectivity index (χ1) is 5.99. The molecule has 0 aliphatic carbocycles. The second-order valence-electron chi connectivity index (χ2n) is 2.72. The highest BCUT2D eigenvalue weighted by atomic mass is 16.4. The summed E-state index contributed by atoms with van der Waals surface area (Å²) in [5, 5.41) is 27.9. The fraction of sp³-hybridized carbons (Fsp3) is 0.714. The normalized spacial score (nSPS) is 14.9. The van der Waals surface area contributed by atoms with Crippen molar-refractivity contribution in [2.75, 3.05) is 13.2 Å². The number of aliphatic hydroxyl groups is 1. The molecule has 2 atom stereocenters. The number of carboxylic acid groups (broad SMARTS) is 2. The third-order valence-electron chi connectivity index (χ3n) is 1.57. The van der Waals surface area contributed by atoms with Crippen LogP contribution in [0.5, 0.6) is 0 Å². The van der Waals surface area contributed by atoms with Crippen molar-refractivity contribution in [3.05, 3.63) is 0 Å². The quantitative estimate of drug-likeness (QED) is 0.417. The smallest absolute Gasteiger partial charge is 0.323 e. The molecule has 0 aromatic carbocycles. The van der Waals surface area contributed by atoms with Gasteiger partial charge in [0.15, 0.2) is 0 Å². The minimum Gasteiger partial charge on any atom is -0.481 e. The third kappa shape index (κ3) is 4.44. The van der Waals surface area contributed by atoms with Gasteiger partial charge in [-0.3, -0.25) is 9.59 Å². The van der Waals surface area contributed by atoms with E-state index in [4.69, 9.17) is 15.3 Å². The van der Waals surface area contributed by atoms with Gasteiger partial charge in [-0.15, -0.1) is 0 Å². The Morgan fingerprint density at radius 1 is 1.31 bits per heavy atom. The van der Waals surface area contributed by atoms with Gasteiger partial charge in [-0.1, -0.05) is 6.92 Å². The molecular formula is C7H13NO5. The minimum absolute atomic E-state index is 0.0207. The zero-order valence-corrected chi connectivity index (χ0v) is 7.23. The summed E-state index contributed by atoms with van der Waals surface area (Å²) in [5.74, 6) is -2.87. The molecule has 0 aromatic heterocycles. The highest BCUT2D eigenvalue weighted by Gasteiger charge is 2.18. The molecule has 13 heavy (non-hydrogen) atoms. The second-order valence-corrected chi connectivity index (χ2v) is 2.72. The molecule has 76 valence electrons. The number of hydrogen-bond acceptors (Lipinski definition) is 4. The van der Waals surface area contributed by atoms with Crippen molar-refractivity contribution in [2.45, 2.75) is 13.0 Å². The van der Waals surface area contributed by atoms with Crippen LogP contribution in [-0.2, 0) is 9.59 Å². The van der Waals surface area contributed by atoms with Crippen molar-refractivity contribution < 1.29 is 24.9 Å². The molecule has 0 heterocycles. The van der Waals surface area contributed by atoms with Crippen molar-refractivity contribution in [1.29, 1.82) is 0 Å². The molecule has 0 aromatic rings. The van der Waals surface area contributed by atoms with E-state index >= 15 is 0 Å². The lowest BCUT2D eigenvalue weighted by Crippen LogP contribution is -2.42. The average molecular weight is 191 g/mol. The van der Waals surface area contributed by atoms with Gasteiger partial charge in [0.2, 0.25) is 0 Å². The first-order valence-corrected chi connectivity index (χ1v) is 3.79. The van der Waals surface area contributed by atoms with Crippen molar-refractivity contribution in [1.82, 2.24) is 5.32 Å². The van der Waals surface area contributed by atoms with E-state index in [1.807, 2.05) is 0 Å². The maximum atomic E-state index is 10.3. The van der Waals surface area contributed by atoms with E-state index < -0.39 is 30.5 Å². The summed E-state index contributed by atoms with van der Waals surface area (Å²) in [6.07, 6.45) is 0. The molecule has 0 spiro atoms. The summed E-state index contributed by atoms with van der Waals surface area (Å²) in [7, 11) is 0. The SMILES string of the molecule is CC(CN[C@@H](CO)C(=O)O)C(=O)O. The lowest BCUT2D eigenvalue weighted by atomic mass is 10.2.